The van der Waals surface area contributed by atoms with Gasteiger partial charge >= 0.3 is 5.97 Å². The third-order valence-corrected chi connectivity index (χ3v) is 3.34. The van der Waals surface area contributed by atoms with Crippen molar-refractivity contribution < 1.29 is 19.1 Å². The molecular weight excluding hydrogens is 256 g/mol. The van der Waals surface area contributed by atoms with Gasteiger partial charge in [0, 0.05) is 0 Å². The third-order valence-electron chi connectivity index (χ3n) is 3.34. The Labute approximate surface area is 118 Å². The van der Waals surface area contributed by atoms with E-state index in [9.17, 15) is 4.79 Å². The summed E-state index contributed by atoms with van der Waals surface area (Å²) >= 11 is 0. The Morgan fingerprint density at radius 3 is 2.60 bits per heavy atom. The Bertz CT molecular complexity index is 568. The Morgan fingerprint density at radius 2 is 2.05 bits per heavy atom. The second kappa shape index (κ2) is 6.28. The average molecular weight is 274 g/mol. The molecule has 0 saturated heterocycles. The van der Waals surface area contributed by atoms with Crippen molar-refractivity contribution in [3.05, 3.63) is 53.5 Å². The monoisotopic (exact) mass is 274 g/mol. The minimum atomic E-state index is -1.00. The van der Waals surface area contributed by atoms with Crippen LogP contribution < -0.4 is 4.74 Å². The minimum absolute atomic E-state index is 0.135. The fourth-order valence-electron chi connectivity index (χ4n) is 1.85. The van der Waals surface area contributed by atoms with Crippen LogP contribution in [0.4, 0.5) is 0 Å². The van der Waals surface area contributed by atoms with E-state index < -0.39 is 5.97 Å². The van der Waals surface area contributed by atoms with E-state index in [0.29, 0.717) is 11.7 Å². The molecule has 2 rings (SSSR count). The lowest BCUT2D eigenvalue weighted by Crippen LogP contribution is -1.96. The van der Waals surface area contributed by atoms with Crippen LogP contribution in [0.3, 0.4) is 0 Å². The van der Waals surface area contributed by atoms with Crippen LogP contribution in [0, 0.1) is 0 Å². The number of hydrogen-bond acceptors (Lipinski definition) is 3. The van der Waals surface area contributed by atoms with E-state index in [-0.39, 0.29) is 12.2 Å². The summed E-state index contributed by atoms with van der Waals surface area (Å²) in [5.41, 5.74) is 1.42. The predicted octanol–water partition coefficient (Wildman–Crippen LogP) is 4.07. The maximum atomic E-state index is 10.7. The van der Waals surface area contributed by atoms with Crippen LogP contribution in [-0.4, -0.2) is 11.1 Å². The normalized spacial score (nSPS) is 12.1. The van der Waals surface area contributed by atoms with Gasteiger partial charge in [-0.3, -0.25) is 0 Å². The van der Waals surface area contributed by atoms with Crippen molar-refractivity contribution in [2.75, 3.05) is 0 Å². The molecule has 0 aliphatic carbocycles. The van der Waals surface area contributed by atoms with Crippen molar-refractivity contribution in [3.63, 3.8) is 0 Å². The summed E-state index contributed by atoms with van der Waals surface area (Å²) < 4.78 is 10.7. The molecule has 0 amide bonds. The molecule has 2 aromatic rings. The summed E-state index contributed by atoms with van der Waals surface area (Å²) in [5, 5.41) is 8.79. The van der Waals surface area contributed by atoms with Gasteiger partial charge in [0.1, 0.15) is 24.4 Å². The van der Waals surface area contributed by atoms with Crippen LogP contribution in [-0.2, 0) is 6.61 Å². The van der Waals surface area contributed by atoms with Crippen LogP contribution >= 0.6 is 0 Å². The third kappa shape index (κ3) is 3.41. The van der Waals surface area contributed by atoms with Crippen molar-refractivity contribution in [1.29, 1.82) is 0 Å². The van der Waals surface area contributed by atoms with Crippen LogP contribution in [0.5, 0.6) is 5.75 Å². The number of hydrogen-bond donors (Lipinski definition) is 1. The molecule has 0 aliphatic heterocycles. The van der Waals surface area contributed by atoms with Gasteiger partial charge in [0.2, 0.25) is 0 Å². The molecule has 0 aliphatic rings. The number of carboxylic acids is 1. The fourth-order valence-corrected chi connectivity index (χ4v) is 1.85. The van der Waals surface area contributed by atoms with Gasteiger partial charge < -0.3 is 14.3 Å². The summed E-state index contributed by atoms with van der Waals surface area (Å²) in [6.45, 7) is 4.56. The number of carbonyl (C=O) groups is 1. The van der Waals surface area contributed by atoms with E-state index in [1.54, 1.807) is 0 Å². The molecule has 0 radical (unpaired) electrons. The highest BCUT2D eigenvalue weighted by molar-refractivity contribution is 5.87. The minimum Gasteiger partial charge on any atom is -0.486 e. The highest BCUT2D eigenvalue weighted by Gasteiger charge is 2.09. The van der Waals surface area contributed by atoms with Gasteiger partial charge in [-0.2, -0.15) is 0 Å². The van der Waals surface area contributed by atoms with Gasteiger partial charge in [0.25, 0.3) is 0 Å². The lowest BCUT2D eigenvalue weighted by molar-refractivity contribution is 0.0696. The highest BCUT2D eigenvalue weighted by Crippen LogP contribution is 2.22. The molecule has 4 nitrogen and oxygen atoms in total. The zero-order valence-corrected chi connectivity index (χ0v) is 11.6. The molecule has 106 valence electrons. The lowest BCUT2D eigenvalue weighted by atomic mass is 9.99. The van der Waals surface area contributed by atoms with Gasteiger partial charge in [-0.15, -0.1) is 0 Å². The number of furan rings is 1. The molecule has 1 aromatic heterocycles. The Balaban J connectivity index is 1.94. The van der Waals surface area contributed by atoms with E-state index >= 15 is 0 Å². The van der Waals surface area contributed by atoms with Crippen molar-refractivity contribution in [1.82, 2.24) is 0 Å². The average Bonchev–Trinajstić information content (AvgIpc) is 2.94. The van der Waals surface area contributed by atoms with E-state index in [1.807, 2.05) is 24.3 Å². The second-order valence-electron chi connectivity index (χ2n) is 4.77. The zero-order valence-electron chi connectivity index (χ0n) is 11.6. The summed E-state index contributed by atoms with van der Waals surface area (Å²) in [6.07, 6.45) is 2.32. The largest absolute Gasteiger partial charge is 0.486 e. The Hall–Kier alpha value is -2.23. The molecular formula is C16H18O4. The van der Waals surface area contributed by atoms with Gasteiger partial charge in [-0.05, 0) is 36.1 Å². The maximum absolute atomic E-state index is 10.7. The van der Waals surface area contributed by atoms with Crippen molar-refractivity contribution in [2.24, 2.45) is 0 Å². The molecule has 4 heteroatoms. The standard InChI is InChI=1S/C16H18O4/c1-3-11(2)12-4-6-14(7-5-12)20-10-15-8-13(9-19-15)16(17)18/h4-9,11H,3,10H2,1-2H3,(H,17,18). The number of rotatable bonds is 6. The summed E-state index contributed by atoms with van der Waals surface area (Å²) in [6, 6.07) is 9.41. The Kier molecular flexibility index (Phi) is 4.45. The summed E-state index contributed by atoms with van der Waals surface area (Å²) in [4.78, 5) is 10.7. The molecule has 0 fully saturated rings. The van der Waals surface area contributed by atoms with Gasteiger partial charge in [0.15, 0.2) is 0 Å². The van der Waals surface area contributed by atoms with Crippen LogP contribution in [0.1, 0.15) is 47.9 Å². The van der Waals surface area contributed by atoms with E-state index in [0.717, 1.165) is 12.2 Å². The molecule has 1 aromatic carbocycles. The first-order valence-corrected chi connectivity index (χ1v) is 6.63. The van der Waals surface area contributed by atoms with Crippen molar-refractivity contribution in [3.8, 4) is 5.75 Å². The van der Waals surface area contributed by atoms with Crippen LogP contribution in [0.2, 0.25) is 0 Å². The molecule has 20 heavy (non-hydrogen) atoms. The number of aromatic carboxylic acids is 1. The maximum Gasteiger partial charge on any atom is 0.338 e. The molecule has 1 atom stereocenters. The molecule has 1 heterocycles. The van der Waals surface area contributed by atoms with Crippen molar-refractivity contribution >= 4 is 5.97 Å². The number of carboxylic acid groups (broad SMARTS) is 1. The fraction of sp³-hybridized carbons (Fsp3) is 0.312. The molecule has 0 bridgehead atoms. The topological polar surface area (TPSA) is 59.7 Å². The summed E-state index contributed by atoms with van der Waals surface area (Å²) in [5.74, 6) is 0.767. The zero-order chi connectivity index (χ0) is 14.5. The number of benzene rings is 1. The van der Waals surface area contributed by atoms with Gasteiger partial charge in [0.05, 0.1) is 5.56 Å². The molecule has 0 spiro atoms. The summed E-state index contributed by atoms with van der Waals surface area (Å²) in [7, 11) is 0. The quantitative estimate of drug-likeness (QED) is 0.862. The van der Waals surface area contributed by atoms with Gasteiger partial charge in [-0.1, -0.05) is 26.0 Å². The first-order chi connectivity index (χ1) is 9.60. The Morgan fingerprint density at radius 1 is 1.35 bits per heavy atom. The predicted molar refractivity (Wildman–Crippen MR) is 75.1 cm³/mol. The van der Waals surface area contributed by atoms with E-state index in [1.165, 1.54) is 17.9 Å². The second-order valence-corrected chi connectivity index (χ2v) is 4.77. The first kappa shape index (κ1) is 14.2. The lowest BCUT2D eigenvalue weighted by Gasteiger charge is -2.10. The van der Waals surface area contributed by atoms with E-state index in [4.69, 9.17) is 14.3 Å². The van der Waals surface area contributed by atoms with Crippen LogP contribution in [0.15, 0.2) is 41.0 Å². The van der Waals surface area contributed by atoms with Crippen molar-refractivity contribution in [2.45, 2.75) is 32.8 Å². The SMILES string of the molecule is CCC(C)c1ccc(OCc2cc(C(=O)O)co2)cc1. The molecule has 1 unspecified atom stereocenters. The first-order valence-electron chi connectivity index (χ1n) is 6.63. The molecule has 1 N–H and O–H groups in total. The molecule has 0 saturated carbocycles. The van der Waals surface area contributed by atoms with Crippen LogP contribution in [0.25, 0.3) is 0 Å². The highest BCUT2D eigenvalue weighted by atomic mass is 16.5. The van der Waals surface area contributed by atoms with E-state index in [2.05, 4.69) is 13.8 Å². The van der Waals surface area contributed by atoms with Gasteiger partial charge in [-0.25, -0.2) is 4.79 Å². The number of ether oxygens (including phenoxy) is 1. The smallest absolute Gasteiger partial charge is 0.338 e.